The molecule has 34 heavy (non-hydrogen) atoms. The molecule has 188 valence electrons. The Hall–Kier alpha value is -2.56. The van der Waals surface area contributed by atoms with E-state index in [9.17, 15) is 14.6 Å². The van der Waals surface area contributed by atoms with Crippen molar-refractivity contribution in [1.82, 2.24) is 5.01 Å². The molecule has 0 aliphatic heterocycles. The van der Waals surface area contributed by atoms with E-state index < -0.39 is 23.4 Å². The third-order valence-electron chi connectivity index (χ3n) is 5.41. The highest BCUT2D eigenvalue weighted by Gasteiger charge is 2.25. The number of ether oxygens (including phenoxy) is 2. The SMILES string of the molecule is CC(C)(c1ccc(OCC(O)CN(N)/C(=C\N)CO)cc1)c1ccc(OCC(O)CCl)c(F)c1. The van der Waals surface area contributed by atoms with E-state index >= 15 is 0 Å². The third-order valence-corrected chi connectivity index (χ3v) is 5.77. The van der Waals surface area contributed by atoms with Gasteiger partial charge in [0.25, 0.3) is 0 Å². The molecule has 0 aliphatic carbocycles. The van der Waals surface area contributed by atoms with Crippen LogP contribution in [0.1, 0.15) is 25.0 Å². The minimum absolute atomic E-state index is 0.00709. The number of hydrogen-bond donors (Lipinski definition) is 5. The van der Waals surface area contributed by atoms with Crippen molar-refractivity contribution in [1.29, 1.82) is 0 Å². The average molecular weight is 498 g/mol. The first kappa shape index (κ1) is 27.7. The number of benzene rings is 2. The number of nitrogens with zero attached hydrogens (tertiary/aromatic N) is 1. The number of alkyl halides is 1. The monoisotopic (exact) mass is 497 g/mol. The van der Waals surface area contributed by atoms with Crippen LogP contribution in [0.2, 0.25) is 0 Å². The molecule has 8 nitrogen and oxygen atoms in total. The summed E-state index contributed by atoms with van der Waals surface area (Å²) in [7, 11) is 0. The zero-order valence-corrected chi connectivity index (χ0v) is 20.1. The maximum atomic E-state index is 14.6. The van der Waals surface area contributed by atoms with Crippen molar-refractivity contribution in [3.63, 3.8) is 0 Å². The first-order valence-electron chi connectivity index (χ1n) is 10.7. The second-order valence-electron chi connectivity index (χ2n) is 8.35. The largest absolute Gasteiger partial charge is 0.491 e. The summed E-state index contributed by atoms with van der Waals surface area (Å²) in [5.74, 6) is 5.83. The van der Waals surface area contributed by atoms with Crippen LogP contribution < -0.4 is 21.1 Å². The molecule has 0 heterocycles. The van der Waals surface area contributed by atoms with Crippen LogP contribution in [0.15, 0.2) is 54.4 Å². The van der Waals surface area contributed by atoms with E-state index in [2.05, 4.69) is 0 Å². The zero-order chi connectivity index (χ0) is 25.3. The van der Waals surface area contributed by atoms with Crippen molar-refractivity contribution < 1.29 is 29.2 Å². The smallest absolute Gasteiger partial charge is 0.165 e. The van der Waals surface area contributed by atoms with E-state index in [0.29, 0.717) is 5.75 Å². The molecule has 0 bridgehead atoms. The van der Waals surface area contributed by atoms with Gasteiger partial charge in [-0.15, -0.1) is 11.6 Å². The molecule has 0 fully saturated rings. The van der Waals surface area contributed by atoms with Crippen molar-refractivity contribution in [2.24, 2.45) is 11.6 Å². The maximum Gasteiger partial charge on any atom is 0.165 e. The summed E-state index contributed by atoms with van der Waals surface area (Å²) in [5.41, 5.74) is 6.82. The quantitative estimate of drug-likeness (QED) is 0.161. The molecule has 2 rings (SSSR count). The molecular formula is C24H33ClFN3O5. The van der Waals surface area contributed by atoms with Gasteiger partial charge in [0.05, 0.1) is 24.7 Å². The first-order valence-corrected chi connectivity index (χ1v) is 11.3. The Morgan fingerprint density at radius 1 is 1.09 bits per heavy atom. The van der Waals surface area contributed by atoms with Gasteiger partial charge in [-0.3, -0.25) is 0 Å². The van der Waals surface area contributed by atoms with E-state index in [1.165, 1.54) is 18.3 Å². The lowest BCUT2D eigenvalue weighted by molar-refractivity contribution is 0.0745. The Bertz CT molecular complexity index is 943. The Kier molecular flexibility index (Phi) is 10.4. The lowest BCUT2D eigenvalue weighted by Gasteiger charge is -2.27. The Labute approximate surface area is 204 Å². The number of hydrogen-bond acceptors (Lipinski definition) is 8. The molecule has 0 amide bonds. The predicted molar refractivity (Wildman–Crippen MR) is 129 cm³/mol. The molecular weight excluding hydrogens is 465 g/mol. The average Bonchev–Trinajstić information content (AvgIpc) is 2.82. The van der Waals surface area contributed by atoms with Crippen molar-refractivity contribution in [2.45, 2.75) is 31.5 Å². The van der Waals surface area contributed by atoms with Gasteiger partial charge < -0.3 is 35.5 Å². The minimum atomic E-state index is -0.906. The summed E-state index contributed by atoms with van der Waals surface area (Å²) >= 11 is 5.53. The van der Waals surface area contributed by atoms with Gasteiger partial charge in [-0.25, -0.2) is 10.2 Å². The molecule has 0 aliphatic rings. The summed E-state index contributed by atoms with van der Waals surface area (Å²) in [5, 5.41) is 29.9. The Balaban J connectivity index is 2.00. The second-order valence-corrected chi connectivity index (χ2v) is 8.66. The predicted octanol–water partition coefficient (Wildman–Crippen LogP) is 1.84. The molecule has 2 atom stereocenters. The number of aliphatic hydroxyl groups is 3. The fraction of sp³-hybridized carbons (Fsp3) is 0.417. The van der Waals surface area contributed by atoms with E-state index in [-0.39, 0.29) is 43.7 Å². The van der Waals surface area contributed by atoms with Gasteiger partial charge in [-0.2, -0.15) is 0 Å². The maximum absolute atomic E-state index is 14.6. The number of aliphatic hydroxyl groups excluding tert-OH is 3. The fourth-order valence-corrected chi connectivity index (χ4v) is 3.29. The van der Waals surface area contributed by atoms with Crippen LogP contribution in [0.25, 0.3) is 0 Å². The van der Waals surface area contributed by atoms with E-state index in [4.69, 9.17) is 37.8 Å². The molecule has 2 aromatic rings. The van der Waals surface area contributed by atoms with Gasteiger partial charge in [-0.05, 0) is 35.4 Å². The summed E-state index contributed by atoms with van der Waals surface area (Å²) in [6.45, 7) is 3.54. The summed E-state index contributed by atoms with van der Waals surface area (Å²) in [6.07, 6.45) is -0.599. The van der Waals surface area contributed by atoms with Crippen molar-refractivity contribution in [3.05, 3.63) is 71.3 Å². The van der Waals surface area contributed by atoms with Crippen molar-refractivity contribution in [3.8, 4) is 11.5 Å². The molecule has 0 saturated heterocycles. The summed E-state index contributed by atoms with van der Waals surface area (Å²) in [4.78, 5) is 0. The molecule has 0 aromatic heterocycles. The number of hydrazine groups is 1. The summed E-state index contributed by atoms with van der Waals surface area (Å²) in [6, 6.07) is 12.0. The van der Waals surface area contributed by atoms with Crippen LogP contribution in [-0.2, 0) is 5.41 Å². The molecule has 0 radical (unpaired) electrons. The highest BCUT2D eigenvalue weighted by molar-refractivity contribution is 6.18. The Morgan fingerprint density at radius 3 is 2.26 bits per heavy atom. The van der Waals surface area contributed by atoms with Crippen LogP contribution in [0, 0.1) is 5.82 Å². The van der Waals surface area contributed by atoms with Crippen LogP contribution in [0.3, 0.4) is 0 Å². The highest BCUT2D eigenvalue weighted by atomic mass is 35.5. The number of rotatable bonds is 13. The van der Waals surface area contributed by atoms with Crippen LogP contribution in [0.4, 0.5) is 4.39 Å². The molecule has 7 N–H and O–H groups in total. The number of halogens is 2. The van der Waals surface area contributed by atoms with Crippen LogP contribution >= 0.6 is 11.6 Å². The highest BCUT2D eigenvalue weighted by Crippen LogP contribution is 2.34. The van der Waals surface area contributed by atoms with Gasteiger partial charge >= 0.3 is 0 Å². The molecule has 2 aromatic carbocycles. The molecule has 0 spiro atoms. The van der Waals surface area contributed by atoms with Gasteiger partial charge in [0, 0.05) is 11.6 Å². The third kappa shape index (κ3) is 7.48. The first-order chi connectivity index (χ1) is 16.1. The zero-order valence-electron chi connectivity index (χ0n) is 19.3. The lowest BCUT2D eigenvalue weighted by Crippen LogP contribution is -2.40. The second kappa shape index (κ2) is 12.8. The standard InChI is InChI=1S/C24H33ClFN3O5/c1-24(2,17-5-8-23(22(26)9-17)34-14-19(31)10-25)16-3-6-21(7-4-16)33-15-20(32)12-29(28)18(11-27)13-30/h3-9,11,19-20,30-32H,10,12-15,27-28H2,1-2H3/b18-11-. The number of nitrogens with two attached hydrogens (primary N) is 2. The van der Waals surface area contributed by atoms with Gasteiger partial charge in [0.2, 0.25) is 0 Å². The van der Waals surface area contributed by atoms with Gasteiger partial charge in [0.1, 0.15) is 31.2 Å². The Morgan fingerprint density at radius 2 is 1.71 bits per heavy atom. The summed E-state index contributed by atoms with van der Waals surface area (Å²) < 4.78 is 25.5. The van der Waals surface area contributed by atoms with E-state index in [1.54, 1.807) is 18.2 Å². The molecule has 10 heteroatoms. The van der Waals surface area contributed by atoms with Gasteiger partial charge in [-0.1, -0.05) is 32.0 Å². The minimum Gasteiger partial charge on any atom is -0.491 e. The van der Waals surface area contributed by atoms with Crippen molar-refractivity contribution in [2.75, 3.05) is 32.2 Å². The van der Waals surface area contributed by atoms with Crippen LogP contribution in [0.5, 0.6) is 11.5 Å². The topological polar surface area (TPSA) is 134 Å². The fourth-order valence-electron chi connectivity index (χ4n) is 3.20. The normalized spacial score (nSPS) is 13.9. The molecule has 2 unspecified atom stereocenters. The van der Waals surface area contributed by atoms with E-state index in [0.717, 1.165) is 16.1 Å². The van der Waals surface area contributed by atoms with Crippen LogP contribution in [-0.4, -0.2) is 64.8 Å². The lowest BCUT2D eigenvalue weighted by atomic mass is 9.78. The van der Waals surface area contributed by atoms with Gasteiger partial charge in [0.15, 0.2) is 11.6 Å². The van der Waals surface area contributed by atoms with Crippen molar-refractivity contribution >= 4 is 11.6 Å². The van der Waals surface area contributed by atoms with E-state index in [1.807, 2.05) is 26.0 Å². The molecule has 0 saturated carbocycles.